The van der Waals surface area contributed by atoms with Gasteiger partial charge in [0.2, 0.25) is 5.91 Å². The summed E-state index contributed by atoms with van der Waals surface area (Å²) in [5, 5.41) is 3.96. The highest BCUT2D eigenvalue weighted by Crippen LogP contribution is 2.38. The first kappa shape index (κ1) is 18.8. The van der Waals surface area contributed by atoms with E-state index >= 15 is 0 Å². The molecule has 4 nitrogen and oxygen atoms in total. The SMILES string of the molecule is Cc1ccc(C(N)C(=O)NC2CCCc3nc(-c4ccc(F)cc4)sc32)cc1. The lowest BCUT2D eigenvalue weighted by Crippen LogP contribution is -2.37. The predicted molar refractivity (Wildman–Crippen MR) is 109 cm³/mol. The number of halogens is 1. The van der Waals surface area contributed by atoms with Crippen LogP contribution < -0.4 is 11.1 Å². The van der Waals surface area contributed by atoms with Crippen LogP contribution in [0.5, 0.6) is 0 Å². The van der Waals surface area contributed by atoms with Gasteiger partial charge in [0, 0.05) is 5.56 Å². The number of aryl methyl sites for hydroxylation is 2. The summed E-state index contributed by atoms with van der Waals surface area (Å²) in [5.74, 6) is -0.446. The zero-order valence-electron chi connectivity index (χ0n) is 15.6. The van der Waals surface area contributed by atoms with E-state index < -0.39 is 6.04 Å². The Morgan fingerprint density at radius 1 is 1.21 bits per heavy atom. The van der Waals surface area contributed by atoms with Crippen molar-refractivity contribution in [3.8, 4) is 10.6 Å². The van der Waals surface area contributed by atoms with Crippen molar-refractivity contribution in [1.82, 2.24) is 10.3 Å². The number of carbonyl (C=O) groups excluding carboxylic acids is 1. The number of nitrogens with two attached hydrogens (primary N) is 1. The quantitative estimate of drug-likeness (QED) is 0.686. The Labute approximate surface area is 167 Å². The Morgan fingerprint density at radius 3 is 2.64 bits per heavy atom. The van der Waals surface area contributed by atoms with Crippen LogP contribution in [0.2, 0.25) is 0 Å². The largest absolute Gasteiger partial charge is 0.347 e. The van der Waals surface area contributed by atoms with Crippen LogP contribution in [0.15, 0.2) is 48.5 Å². The lowest BCUT2D eigenvalue weighted by atomic mass is 9.97. The van der Waals surface area contributed by atoms with E-state index in [2.05, 4.69) is 5.32 Å². The lowest BCUT2D eigenvalue weighted by Gasteiger charge is -2.24. The van der Waals surface area contributed by atoms with Crippen molar-refractivity contribution >= 4 is 17.2 Å². The molecule has 0 fully saturated rings. The molecule has 0 bridgehead atoms. The molecule has 0 saturated heterocycles. The molecule has 0 radical (unpaired) electrons. The van der Waals surface area contributed by atoms with Gasteiger partial charge in [-0.05, 0) is 56.0 Å². The second kappa shape index (κ2) is 7.81. The maximum Gasteiger partial charge on any atom is 0.242 e. The first-order valence-electron chi connectivity index (χ1n) is 9.39. The number of hydrogen-bond donors (Lipinski definition) is 2. The highest BCUT2D eigenvalue weighted by Gasteiger charge is 2.28. The maximum atomic E-state index is 13.2. The fourth-order valence-electron chi connectivity index (χ4n) is 3.46. The van der Waals surface area contributed by atoms with E-state index in [1.165, 1.54) is 12.1 Å². The number of fused-ring (bicyclic) bond motifs is 1. The molecule has 0 aliphatic heterocycles. The van der Waals surface area contributed by atoms with Gasteiger partial charge in [0.25, 0.3) is 0 Å². The highest BCUT2D eigenvalue weighted by molar-refractivity contribution is 7.15. The summed E-state index contributed by atoms with van der Waals surface area (Å²) in [6, 6.07) is 13.3. The standard InChI is InChI=1S/C22H22FN3OS/c1-13-5-7-14(8-6-13)19(24)21(27)25-17-3-2-4-18-20(17)28-22(26-18)15-9-11-16(23)12-10-15/h5-12,17,19H,2-4,24H2,1H3,(H,25,27). The third-order valence-corrected chi connectivity index (χ3v) is 6.34. The monoisotopic (exact) mass is 395 g/mol. The first-order valence-corrected chi connectivity index (χ1v) is 10.2. The van der Waals surface area contributed by atoms with Crippen LogP contribution in [0.25, 0.3) is 10.6 Å². The van der Waals surface area contributed by atoms with E-state index in [1.54, 1.807) is 23.5 Å². The summed E-state index contributed by atoms with van der Waals surface area (Å²) in [5.41, 5.74) is 10.0. The number of amides is 1. The lowest BCUT2D eigenvalue weighted by molar-refractivity contribution is -0.123. The molecule has 1 aliphatic rings. The van der Waals surface area contributed by atoms with E-state index in [9.17, 15) is 9.18 Å². The van der Waals surface area contributed by atoms with Crippen molar-refractivity contribution in [3.05, 3.63) is 76.0 Å². The number of nitrogens with zero attached hydrogens (tertiary/aromatic N) is 1. The van der Waals surface area contributed by atoms with E-state index in [0.717, 1.165) is 51.5 Å². The van der Waals surface area contributed by atoms with Crippen molar-refractivity contribution in [2.45, 2.75) is 38.3 Å². The van der Waals surface area contributed by atoms with Crippen LogP contribution in [0, 0.1) is 12.7 Å². The van der Waals surface area contributed by atoms with E-state index in [-0.39, 0.29) is 17.8 Å². The smallest absolute Gasteiger partial charge is 0.242 e. The van der Waals surface area contributed by atoms with Crippen molar-refractivity contribution < 1.29 is 9.18 Å². The minimum Gasteiger partial charge on any atom is -0.347 e. The highest BCUT2D eigenvalue weighted by atomic mass is 32.1. The first-order chi connectivity index (χ1) is 13.5. The molecule has 0 saturated carbocycles. The molecule has 1 aliphatic carbocycles. The van der Waals surface area contributed by atoms with Gasteiger partial charge in [0.15, 0.2) is 0 Å². The molecule has 1 aromatic heterocycles. The fourth-order valence-corrected chi connectivity index (χ4v) is 4.66. The number of benzene rings is 2. The van der Waals surface area contributed by atoms with Gasteiger partial charge in [-0.3, -0.25) is 4.79 Å². The molecule has 2 aromatic carbocycles. The normalized spacial score (nSPS) is 17.0. The Balaban J connectivity index is 1.53. The van der Waals surface area contributed by atoms with Gasteiger partial charge in [-0.1, -0.05) is 29.8 Å². The summed E-state index contributed by atoms with van der Waals surface area (Å²) in [6.07, 6.45) is 2.72. The van der Waals surface area contributed by atoms with Crippen LogP contribution in [-0.4, -0.2) is 10.9 Å². The summed E-state index contributed by atoms with van der Waals surface area (Å²) in [4.78, 5) is 18.5. The zero-order valence-corrected chi connectivity index (χ0v) is 16.4. The molecule has 2 atom stereocenters. The van der Waals surface area contributed by atoms with Gasteiger partial charge in [0.05, 0.1) is 16.6 Å². The molecule has 144 valence electrons. The van der Waals surface area contributed by atoms with Crippen molar-refractivity contribution in [1.29, 1.82) is 0 Å². The van der Waals surface area contributed by atoms with Gasteiger partial charge in [-0.25, -0.2) is 9.37 Å². The molecule has 6 heteroatoms. The van der Waals surface area contributed by atoms with Crippen LogP contribution in [-0.2, 0) is 11.2 Å². The molecule has 1 amide bonds. The molecule has 3 N–H and O–H groups in total. The number of rotatable bonds is 4. The summed E-state index contributed by atoms with van der Waals surface area (Å²) < 4.78 is 13.2. The minimum atomic E-state index is -0.699. The Morgan fingerprint density at radius 2 is 1.93 bits per heavy atom. The van der Waals surface area contributed by atoms with Crippen molar-refractivity contribution in [2.75, 3.05) is 0 Å². The molecule has 1 heterocycles. The molecule has 28 heavy (non-hydrogen) atoms. The second-order valence-corrected chi connectivity index (χ2v) is 8.21. The maximum absolute atomic E-state index is 13.2. The molecule has 3 aromatic rings. The summed E-state index contributed by atoms with van der Waals surface area (Å²) >= 11 is 1.56. The molecule has 0 spiro atoms. The van der Waals surface area contributed by atoms with Gasteiger partial charge >= 0.3 is 0 Å². The van der Waals surface area contributed by atoms with Gasteiger partial charge in [-0.15, -0.1) is 11.3 Å². The molecule has 2 unspecified atom stereocenters. The predicted octanol–water partition coefficient (Wildman–Crippen LogP) is 4.45. The average molecular weight is 396 g/mol. The third-order valence-electron chi connectivity index (χ3n) is 5.08. The van der Waals surface area contributed by atoms with Crippen molar-refractivity contribution in [3.63, 3.8) is 0 Å². The molecular weight excluding hydrogens is 373 g/mol. The number of nitrogens with one attached hydrogen (secondary N) is 1. The summed E-state index contributed by atoms with van der Waals surface area (Å²) in [6.45, 7) is 2.00. The fraction of sp³-hybridized carbons (Fsp3) is 0.273. The van der Waals surface area contributed by atoms with Gasteiger partial charge < -0.3 is 11.1 Å². The van der Waals surface area contributed by atoms with Gasteiger partial charge in [-0.2, -0.15) is 0 Å². The average Bonchev–Trinajstić information content (AvgIpc) is 3.14. The number of carbonyl (C=O) groups is 1. The van der Waals surface area contributed by atoms with E-state index in [4.69, 9.17) is 10.7 Å². The van der Waals surface area contributed by atoms with Crippen LogP contribution in [0.1, 0.15) is 46.6 Å². The number of thiazole rings is 1. The third kappa shape index (κ3) is 3.84. The Hall–Kier alpha value is -2.57. The van der Waals surface area contributed by atoms with Crippen LogP contribution >= 0.6 is 11.3 Å². The topological polar surface area (TPSA) is 68.0 Å². The van der Waals surface area contributed by atoms with Gasteiger partial charge in [0.1, 0.15) is 16.9 Å². The van der Waals surface area contributed by atoms with E-state index in [1.807, 2.05) is 31.2 Å². The number of hydrogen-bond acceptors (Lipinski definition) is 4. The van der Waals surface area contributed by atoms with Crippen LogP contribution in [0.3, 0.4) is 0 Å². The second-order valence-electron chi connectivity index (χ2n) is 7.18. The Kier molecular flexibility index (Phi) is 5.24. The zero-order chi connectivity index (χ0) is 19.7. The molecule has 4 rings (SSSR count). The summed E-state index contributed by atoms with van der Waals surface area (Å²) in [7, 11) is 0. The minimum absolute atomic E-state index is 0.0838. The van der Waals surface area contributed by atoms with Crippen molar-refractivity contribution in [2.24, 2.45) is 5.73 Å². The van der Waals surface area contributed by atoms with E-state index in [0.29, 0.717) is 0 Å². The number of aromatic nitrogens is 1. The van der Waals surface area contributed by atoms with Crippen LogP contribution in [0.4, 0.5) is 4.39 Å². The Bertz CT molecular complexity index is 982. The molecular formula is C22H22FN3OS.